The predicted molar refractivity (Wildman–Crippen MR) is 68.0 cm³/mol. The molecule has 0 aromatic carbocycles. The van der Waals surface area contributed by atoms with Crippen LogP contribution in [0.3, 0.4) is 0 Å². The second kappa shape index (κ2) is 4.12. The Hall–Kier alpha value is -1.40. The van der Waals surface area contributed by atoms with Gasteiger partial charge in [0.25, 0.3) is 0 Å². The summed E-state index contributed by atoms with van der Waals surface area (Å²) in [6.07, 6.45) is 5.77. The van der Waals surface area contributed by atoms with E-state index in [0.717, 1.165) is 35.5 Å². The summed E-state index contributed by atoms with van der Waals surface area (Å²) in [4.78, 5) is 12.2. The third-order valence-electron chi connectivity index (χ3n) is 2.98. The molecule has 6 heteroatoms. The number of imidazole rings is 1. The van der Waals surface area contributed by atoms with Crippen LogP contribution in [-0.4, -0.2) is 21.1 Å². The number of nitrogens with two attached hydrogens (primary N) is 1. The number of nitrogens with zero attached hydrogens (tertiary/aromatic N) is 4. The van der Waals surface area contributed by atoms with Gasteiger partial charge in [0, 0.05) is 42.6 Å². The van der Waals surface area contributed by atoms with Gasteiger partial charge in [0.2, 0.25) is 0 Å². The van der Waals surface area contributed by atoms with Crippen molar-refractivity contribution < 1.29 is 0 Å². The van der Waals surface area contributed by atoms with Gasteiger partial charge in [-0.25, -0.2) is 9.97 Å². The van der Waals surface area contributed by atoms with Crippen molar-refractivity contribution in [1.29, 1.82) is 0 Å². The zero-order valence-corrected chi connectivity index (χ0v) is 10.5. The standard InChI is InChI=1S/C11H15N5S/c1-8(12)9-6-14-11(17-9)16-5-4-15-3-2-13-10(15)7-16/h2-3,6,8H,4-5,7,12H2,1H3. The topological polar surface area (TPSA) is 60.0 Å². The summed E-state index contributed by atoms with van der Waals surface area (Å²) in [7, 11) is 0. The SMILES string of the molecule is CC(N)c1cnc(N2CCn3ccnc3C2)s1. The Morgan fingerprint density at radius 2 is 2.29 bits per heavy atom. The molecule has 3 heterocycles. The van der Waals surface area contributed by atoms with Crippen molar-refractivity contribution in [2.75, 3.05) is 11.4 Å². The lowest BCUT2D eigenvalue weighted by Gasteiger charge is -2.27. The molecular weight excluding hydrogens is 234 g/mol. The molecule has 0 spiro atoms. The summed E-state index contributed by atoms with van der Waals surface area (Å²) < 4.78 is 2.19. The van der Waals surface area contributed by atoms with Crippen LogP contribution in [0.15, 0.2) is 18.6 Å². The molecule has 2 aromatic heterocycles. The lowest BCUT2D eigenvalue weighted by molar-refractivity contribution is 0.559. The largest absolute Gasteiger partial charge is 0.339 e. The minimum atomic E-state index is 0.0630. The maximum absolute atomic E-state index is 5.85. The van der Waals surface area contributed by atoms with Crippen LogP contribution in [0.25, 0.3) is 0 Å². The van der Waals surface area contributed by atoms with Gasteiger partial charge in [0.15, 0.2) is 5.13 Å². The molecule has 0 bridgehead atoms. The Morgan fingerprint density at radius 3 is 3.06 bits per heavy atom. The number of thiazole rings is 1. The fraction of sp³-hybridized carbons (Fsp3) is 0.455. The lowest BCUT2D eigenvalue weighted by atomic mass is 10.3. The van der Waals surface area contributed by atoms with Crippen molar-refractivity contribution in [2.45, 2.75) is 26.1 Å². The van der Waals surface area contributed by atoms with Crippen molar-refractivity contribution in [3.63, 3.8) is 0 Å². The Bertz CT molecular complexity index is 515. The van der Waals surface area contributed by atoms with Crippen LogP contribution < -0.4 is 10.6 Å². The van der Waals surface area contributed by atoms with Crippen LogP contribution in [0, 0.1) is 0 Å². The van der Waals surface area contributed by atoms with E-state index in [9.17, 15) is 0 Å². The van der Waals surface area contributed by atoms with Crippen molar-refractivity contribution in [2.24, 2.45) is 5.73 Å². The van der Waals surface area contributed by atoms with Gasteiger partial charge in [-0.05, 0) is 6.92 Å². The number of fused-ring (bicyclic) bond motifs is 1. The van der Waals surface area contributed by atoms with E-state index in [2.05, 4.69) is 19.4 Å². The lowest BCUT2D eigenvalue weighted by Crippen LogP contribution is -2.33. The third-order valence-corrected chi connectivity index (χ3v) is 4.23. The van der Waals surface area contributed by atoms with Gasteiger partial charge in [-0.2, -0.15) is 0 Å². The maximum Gasteiger partial charge on any atom is 0.186 e. The zero-order valence-electron chi connectivity index (χ0n) is 9.71. The van der Waals surface area contributed by atoms with Gasteiger partial charge in [-0.1, -0.05) is 0 Å². The first kappa shape index (κ1) is 10.7. The summed E-state index contributed by atoms with van der Waals surface area (Å²) in [6.45, 7) is 4.77. The molecule has 5 nitrogen and oxygen atoms in total. The molecule has 17 heavy (non-hydrogen) atoms. The molecule has 90 valence electrons. The molecule has 1 atom stereocenters. The summed E-state index contributed by atoms with van der Waals surface area (Å²) in [6, 6.07) is 0.0630. The Morgan fingerprint density at radius 1 is 1.41 bits per heavy atom. The second-order valence-electron chi connectivity index (χ2n) is 4.29. The third kappa shape index (κ3) is 1.94. The van der Waals surface area contributed by atoms with E-state index in [1.807, 2.05) is 25.5 Å². The highest BCUT2D eigenvalue weighted by Crippen LogP contribution is 2.28. The molecular formula is C11H15N5S. The van der Waals surface area contributed by atoms with Crippen molar-refractivity contribution >= 4 is 16.5 Å². The molecule has 1 aliphatic heterocycles. The molecule has 3 rings (SSSR count). The molecule has 0 amide bonds. The van der Waals surface area contributed by atoms with Crippen molar-refractivity contribution in [1.82, 2.24) is 14.5 Å². The van der Waals surface area contributed by atoms with E-state index in [1.165, 1.54) is 0 Å². The second-order valence-corrected chi connectivity index (χ2v) is 5.33. The fourth-order valence-electron chi connectivity index (χ4n) is 1.97. The first-order chi connectivity index (χ1) is 8.24. The zero-order chi connectivity index (χ0) is 11.8. The minimum Gasteiger partial charge on any atom is -0.339 e. The highest BCUT2D eigenvalue weighted by atomic mass is 32.1. The Balaban J connectivity index is 1.82. The minimum absolute atomic E-state index is 0.0630. The highest BCUT2D eigenvalue weighted by molar-refractivity contribution is 7.15. The van der Waals surface area contributed by atoms with Gasteiger partial charge < -0.3 is 15.2 Å². The molecule has 0 aliphatic carbocycles. The number of aromatic nitrogens is 3. The number of rotatable bonds is 2. The molecule has 2 N–H and O–H groups in total. The molecule has 1 unspecified atom stereocenters. The van der Waals surface area contributed by atoms with E-state index >= 15 is 0 Å². The van der Waals surface area contributed by atoms with Gasteiger partial charge >= 0.3 is 0 Å². The van der Waals surface area contributed by atoms with E-state index in [1.54, 1.807) is 11.3 Å². The Labute approximate surface area is 104 Å². The van der Waals surface area contributed by atoms with Crippen molar-refractivity contribution in [3.05, 3.63) is 29.3 Å². The van der Waals surface area contributed by atoms with Gasteiger partial charge in [-0.15, -0.1) is 11.3 Å². The number of hydrogen-bond acceptors (Lipinski definition) is 5. The summed E-state index contributed by atoms with van der Waals surface area (Å²) in [5, 5.41) is 1.05. The first-order valence-corrected chi connectivity index (χ1v) is 6.52. The normalized spacial score (nSPS) is 16.9. The van der Waals surface area contributed by atoms with Crippen LogP contribution in [0.1, 0.15) is 23.7 Å². The van der Waals surface area contributed by atoms with Crippen LogP contribution in [0.5, 0.6) is 0 Å². The average molecular weight is 249 g/mol. The van der Waals surface area contributed by atoms with E-state index in [4.69, 9.17) is 5.73 Å². The Kier molecular flexibility index (Phi) is 2.60. The van der Waals surface area contributed by atoms with Crippen LogP contribution in [0.2, 0.25) is 0 Å². The van der Waals surface area contributed by atoms with E-state index in [0.29, 0.717) is 0 Å². The van der Waals surface area contributed by atoms with E-state index in [-0.39, 0.29) is 6.04 Å². The van der Waals surface area contributed by atoms with Crippen LogP contribution in [-0.2, 0) is 13.1 Å². The maximum atomic E-state index is 5.85. The molecule has 0 fully saturated rings. The fourth-order valence-corrected chi connectivity index (χ4v) is 2.86. The summed E-state index contributed by atoms with van der Waals surface area (Å²) in [5.74, 6) is 1.11. The number of anilines is 1. The molecule has 1 aliphatic rings. The van der Waals surface area contributed by atoms with E-state index < -0.39 is 0 Å². The van der Waals surface area contributed by atoms with Gasteiger partial charge in [-0.3, -0.25) is 0 Å². The summed E-state index contributed by atoms with van der Waals surface area (Å²) in [5.41, 5.74) is 5.85. The smallest absolute Gasteiger partial charge is 0.186 e. The quantitative estimate of drug-likeness (QED) is 0.873. The van der Waals surface area contributed by atoms with Crippen LogP contribution in [0.4, 0.5) is 5.13 Å². The first-order valence-electron chi connectivity index (χ1n) is 5.70. The summed E-state index contributed by atoms with van der Waals surface area (Å²) >= 11 is 1.68. The molecule has 0 radical (unpaired) electrons. The molecule has 0 saturated carbocycles. The van der Waals surface area contributed by atoms with Gasteiger partial charge in [0.1, 0.15) is 5.82 Å². The van der Waals surface area contributed by atoms with Crippen molar-refractivity contribution in [3.8, 4) is 0 Å². The highest BCUT2D eigenvalue weighted by Gasteiger charge is 2.19. The molecule has 0 saturated heterocycles. The molecule has 2 aromatic rings. The van der Waals surface area contributed by atoms with Gasteiger partial charge in [0.05, 0.1) is 6.54 Å². The predicted octanol–water partition coefficient (Wildman–Crippen LogP) is 1.38. The average Bonchev–Trinajstić information content (AvgIpc) is 2.97. The van der Waals surface area contributed by atoms with Crippen LogP contribution >= 0.6 is 11.3 Å². The number of hydrogen-bond donors (Lipinski definition) is 1. The monoisotopic (exact) mass is 249 g/mol.